The summed E-state index contributed by atoms with van der Waals surface area (Å²) in [4.78, 5) is 5.23. The van der Waals surface area contributed by atoms with E-state index in [2.05, 4.69) is 72.8 Å². The Morgan fingerprint density at radius 3 is 0.810 bits per heavy atom. The number of aliphatic hydroxyl groups is 3. The molecule has 5 rings (SSSR count). The van der Waals surface area contributed by atoms with E-state index in [1.165, 1.54) is 437 Å². The number of aliphatic hydroxyl groups excluding tert-OH is 3. The highest BCUT2D eigenvalue weighted by Gasteiger charge is 2.16. The van der Waals surface area contributed by atoms with Crippen molar-refractivity contribution in [1.82, 2.24) is 0 Å². The predicted molar refractivity (Wildman–Crippen MR) is 440 cm³/mol. The zero-order valence-electron chi connectivity index (χ0n) is 65.3. The molecule has 0 atom stereocenters. The summed E-state index contributed by atoms with van der Waals surface area (Å²) < 4.78 is 6.34. The number of aliphatic imine (C=N–C) groups is 1. The van der Waals surface area contributed by atoms with E-state index in [1.807, 2.05) is 12.5 Å². The van der Waals surface area contributed by atoms with Crippen LogP contribution in [0, 0.1) is 0 Å². The first-order valence-corrected chi connectivity index (χ1v) is 44.2. The van der Waals surface area contributed by atoms with Crippen LogP contribution in [0.15, 0.2) is 88.5 Å². The van der Waals surface area contributed by atoms with Gasteiger partial charge in [-0.25, -0.2) is 0 Å². The Hall–Kier alpha value is -3.77. The molecule has 0 spiro atoms. The van der Waals surface area contributed by atoms with Crippen LogP contribution in [0.25, 0.3) is 32.7 Å². The molecule has 100 heavy (non-hydrogen) atoms. The number of nitrogens with zero attached hydrogens (tertiary/aromatic N) is 1. The number of unbranched alkanes of at least 4 members (excludes halogenated alkanes) is 60. The fraction of sp³-hybridized carbons (Fsp3) is 0.737. The van der Waals surface area contributed by atoms with E-state index < -0.39 is 0 Å². The van der Waals surface area contributed by atoms with Gasteiger partial charge in [0, 0.05) is 30.9 Å². The molecule has 4 aromatic carbocycles. The van der Waals surface area contributed by atoms with E-state index >= 15 is 0 Å². The Morgan fingerprint density at radius 1 is 0.260 bits per heavy atom. The zero-order valence-corrected chi connectivity index (χ0v) is 65.3. The molecule has 1 aromatic heterocycles. The van der Waals surface area contributed by atoms with Crippen molar-refractivity contribution in [1.29, 1.82) is 0 Å². The van der Waals surface area contributed by atoms with Crippen molar-refractivity contribution in [2.24, 2.45) is 4.99 Å². The number of aryl methyl sites for hydroxylation is 1. The second-order valence-electron chi connectivity index (χ2n) is 31.4. The van der Waals surface area contributed by atoms with Crippen molar-refractivity contribution in [3.8, 4) is 11.1 Å². The van der Waals surface area contributed by atoms with E-state index in [-0.39, 0.29) is 0 Å². The topological polar surface area (TPSA) is 86.2 Å². The fourth-order valence-corrected chi connectivity index (χ4v) is 16.2. The van der Waals surface area contributed by atoms with Gasteiger partial charge in [0.1, 0.15) is 5.76 Å². The van der Waals surface area contributed by atoms with Crippen LogP contribution in [0.5, 0.6) is 0 Å². The Kier molecular flexibility index (Phi) is 55.3. The van der Waals surface area contributed by atoms with Crippen LogP contribution in [0.1, 0.15) is 433 Å². The molecule has 0 aliphatic rings. The van der Waals surface area contributed by atoms with Gasteiger partial charge in [-0.05, 0) is 114 Å². The van der Waals surface area contributed by atoms with E-state index in [0.29, 0.717) is 26.4 Å². The van der Waals surface area contributed by atoms with Crippen molar-refractivity contribution in [2.45, 2.75) is 430 Å². The lowest BCUT2D eigenvalue weighted by Crippen LogP contribution is -2.06. The Labute approximate surface area is 617 Å². The van der Waals surface area contributed by atoms with Gasteiger partial charge in [-0.2, -0.15) is 0 Å². The molecule has 5 heteroatoms. The van der Waals surface area contributed by atoms with Crippen LogP contribution >= 0.6 is 0 Å². The predicted octanol–water partition coefficient (Wildman–Crippen LogP) is 30.1. The Bertz CT molecular complexity index is 2590. The first kappa shape index (κ1) is 86.9. The molecule has 0 saturated heterocycles. The maximum atomic E-state index is 8.99. The minimum Gasteiger partial charge on any atom is -0.463 e. The second-order valence-corrected chi connectivity index (χ2v) is 31.4. The number of rotatable bonds is 73. The lowest BCUT2D eigenvalue weighted by molar-refractivity contribution is 0.282. The Balaban J connectivity index is 1.10. The van der Waals surface area contributed by atoms with Crippen LogP contribution in [-0.2, 0) is 25.8 Å². The number of benzene rings is 4. The highest BCUT2D eigenvalue weighted by molar-refractivity contribution is 6.12. The van der Waals surface area contributed by atoms with Crippen molar-refractivity contribution in [3.63, 3.8) is 0 Å². The van der Waals surface area contributed by atoms with Gasteiger partial charge in [-0.15, -0.1) is 0 Å². The number of fused-ring (bicyclic) bond motifs is 2. The maximum Gasteiger partial charge on any atom is 0.145 e. The number of furan rings is 1. The molecule has 3 N–H and O–H groups in total. The van der Waals surface area contributed by atoms with E-state index in [4.69, 9.17) is 24.7 Å². The molecule has 1 heterocycles. The third-order valence-electron chi connectivity index (χ3n) is 22.6. The third-order valence-corrected chi connectivity index (χ3v) is 22.6. The highest BCUT2D eigenvalue weighted by Crippen LogP contribution is 2.38. The van der Waals surface area contributed by atoms with Gasteiger partial charge in [0.2, 0.25) is 0 Å². The summed E-state index contributed by atoms with van der Waals surface area (Å²) in [5.74, 6) is 0.825. The summed E-state index contributed by atoms with van der Waals surface area (Å²) in [6, 6.07) is 27.1. The van der Waals surface area contributed by atoms with E-state index in [0.717, 1.165) is 30.6 Å². The summed E-state index contributed by atoms with van der Waals surface area (Å²) >= 11 is 0. The quantitative estimate of drug-likeness (QED) is 0.0206. The summed E-state index contributed by atoms with van der Waals surface area (Å²) in [5, 5.41) is 32.0. The summed E-state index contributed by atoms with van der Waals surface area (Å²) in [5.41, 5.74) is 8.78. The molecule has 0 radical (unpaired) electrons. The largest absolute Gasteiger partial charge is 0.463 e. The summed E-state index contributed by atoms with van der Waals surface area (Å²) in [7, 11) is 0. The van der Waals surface area contributed by atoms with Crippen molar-refractivity contribution >= 4 is 27.8 Å². The molecule has 0 bridgehead atoms. The molecule has 0 aliphatic carbocycles. The molecular weight excluding hydrogens is 1220 g/mol. The van der Waals surface area contributed by atoms with Gasteiger partial charge in [0.15, 0.2) is 0 Å². The molecule has 5 aromatic rings. The van der Waals surface area contributed by atoms with Gasteiger partial charge < -0.3 is 19.7 Å². The lowest BCUT2D eigenvalue weighted by atomic mass is 9.87. The highest BCUT2D eigenvalue weighted by atomic mass is 16.3. The van der Waals surface area contributed by atoms with E-state index in [9.17, 15) is 0 Å². The third kappa shape index (κ3) is 42.9. The van der Waals surface area contributed by atoms with Crippen LogP contribution in [-0.4, -0.2) is 41.4 Å². The minimum atomic E-state index is 0.358. The normalized spacial score (nSPS) is 11.9. The molecule has 0 amide bonds. The monoisotopic (exact) mass is 1380 g/mol. The van der Waals surface area contributed by atoms with Gasteiger partial charge in [0.25, 0.3) is 0 Å². The molecule has 0 unspecified atom stereocenters. The average Bonchev–Trinajstić information content (AvgIpc) is 1.26. The van der Waals surface area contributed by atoms with Crippen molar-refractivity contribution < 1.29 is 19.7 Å². The maximum absolute atomic E-state index is 8.99. The molecule has 5 nitrogen and oxygen atoms in total. The first-order chi connectivity index (χ1) is 49.7. The Morgan fingerprint density at radius 2 is 0.510 bits per heavy atom. The van der Waals surface area contributed by atoms with Gasteiger partial charge in [-0.3, -0.25) is 4.99 Å². The van der Waals surface area contributed by atoms with E-state index in [1.54, 1.807) is 16.7 Å². The molecule has 0 fully saturated rings. The van der Waals surface area contributed by atoms with Crippen molar-refractivity contribution in [3.05, 3.63) is 107 Å². The molecular formula is C95H157NO4. The van der Waals surface area contributed by atoms with Crippen LogP contribution in [0.2, 0.25) is 0 Å². The van der Waals surface area contributed by atoms with Gasteiger partial charge in [-0.1, -0.05) is 427 Å². The smallest absolute Gasteiger partial charge is 0.145 e. The van der Waals surface area contributed by atoms with Crippen LogP contribution < -0.4 is 0 Å². The van der Waals surface area contributed by atoms with Crippen LogP contribution in [0.3, 0.4) is 0 Å². The molecule has 566 valence electrons. The fourth-order valence-electron chi connectivity index (χ4n) is 16.2. The average molecular weight is 1380 g/mol. The summed E-state index contributed by atoms with van der Waals surface area (Å²) in [6.45, 7) is 1.78. The number of hydrogen-bond acceptors (Lipinski definition) is 5. The molecule has 0 aliphatic heterocycles. The first-order valence-electron chi connectivity index (χ1n) is 44.2. The SMILES string of the molecule is OCCCCCCCCCCCCCCCCCCCCCCCc1ccc(CN=Cc2cc(-c3c4ccccc4cc4ccccc34)co2)c(CCCCCCCCCCCCCCCCCCCCCCCO)c1CCCCCCCCCCCCCCCCCCCCCCCO. The second kappa shape index (κ2) is 63.7. The zero-order chi connectivity index (χ0) is 70.2. The van der Waals surface area contributed by atoms with Crippen molar-refractivity contribution in [2.75, 3.05) is 19.8 Å². The standard InChI is InChI=1S/C95H157NO4/c97-77-65-55-49-43-37-31-25-19-13-7-1-4-10-16-22-28-34-40-46-52-58-68-85-75-76-88(82-96-83-90-81-89(84-100-90)95-93-73-63-61-69-86(93)80-87-70-62-64-74-94(87)95)92(72-60-54-48-42-36-30-24-18-12-6-3-9-15-21-27-33-39-45-51-57-67-79-99)91(85)71-59-53-47-41-35-29-23-17-11-5-2-8-14-20-26-32-38-44-50-56-66-78-98/h61-64,69-70,73-76,80-81,83-84,97-99H,1-60,65-68,71-72,77-79,82H2. The van der Waals surface area contributed by atoms with Gasteiger partial charge >= 0.3 is 0 Å². The summed E-state index contributed by atoms with van der Waals surface area (Å²) in [6.07, 6.45) is 93.8. The van der Waals surface area contributed by atoms with Crippen LogP contribution in [0.4, 0.5) is 0 Å². The lowest BCUT2D eigenvalue weighted by Gasteiger charge is -2.19. The number of hydrogen-bond donors (Lipinski definition) is 3. The van der Waals surface area contributed by atoms with Gasteiger partial charge in [0.05, 0.1) is 19.0 Å². The minimum absolute atomic E-state index is 0.358. The molecule has 0 saturated carbocycles.